The van der Waals surface area contributed by atoms with E-state index >= 15 is 0 Å². The van der Waals surface area contributed by atoms with Crippen LogP contribution in [0.4, 0.5) is 0 Å². The maximum Gasteiger partial charge on any atom is 0.185 e. The van der Waals surface area contributed by atoms with E-state index in [0.717, 1.165) is 0 Å². The first-order valence-electron chi connectivity index (χ1n) is 3.27. The van der Waals surface area contributed by atoms with E-state index in [9.17, 15) is 0 Å². The fourth-order valence-electron chi connectivity index (χ4n) is 0.928. The lowest BCUT2D eigenvalue weighted by atomic mass is 10.3. The summed E-state index contributed by atoms with van der Waals surface area (Å²) in [5, 5.41) is 1.15. The number of aliphatic imine (C=N–C) groups is 4. The van der Waals surface area contributed by atoms with Crippen LogP contribution < -0.4 is 0 Å². The monoisotopic (exact) mass is 200 g/mol. The van der Waals surface area contributed by atoms with Crippen LogP contribution in [0.25, 0.3) is 0 Å². The third-order valence-electron chi connectivity index (χ3n) is 1.47. The van der Waals surface area contributed by atoms with Crippen molar-refractivity contribution in [2.24, 2.45) is 20.0 Å². The largest absolute Gasteiger partial charge is 0.242 e. The van der Waals surface area contributed by atoms with E-state index in [1.54, 1.807) is 0 Å². The lowest BCUT2D eigenvalue weighted by molar-refractivity contribution is 1.16. The van der Waals surface area contributed by atoms with Crippen molar-refractivity contribution < 1.29 is 0 Å². The van der Waals surface area contributed by atoms with Crippen LogP contribution >= 0.6 is 23.4 Å². The zero-order chi connectivity index (χ0) is 8.55. The molecular weight excluding hydrogens is 196 g/mol. The van der Waals surface area contributed by atoms with Crippen molar-refractivity contribution in [3.63, 3.8) is 0 Å². The van der Waals surface area contributed by atoms with Gasteiger partial charge in [-0.2, -0.15) is 0 Å². The Kier molecular flexibility index (Phi) is 1.98. The molecule has 0 radical (unpaired) electrons. The van der Waals surface area contributed by atoms with Crippen molar-refractivity contribution in [3.05, 3.63) is 0 Å². The summed E-state index contributed by atoms with van der Waals surface area (Å²) < 4.78 is 0. The van der Waals surface area contributed by atoms with Crippen molar-refractivity contribution in [2.75, 3.05) is 6.26 Å². The molecule has 0 aromatic heterocycles. The Morgan fingerprint density at radius 2 is 2.42 bits per heavy atom. The van der Waals surface area contributed by atoms with Gasteiger partial charge in [0.15, 0.2) is 17.0 Å². The second-order valence-corrected chi connectivity index (χ2v) is 3.35. The number of fused-ring (bicyclic) bond motifs is 1. The molecule has 2 rings (SSSR count). The first kappa shape index (κ1) is 7.94. The van der Waals surface area contributed by atoms with Gasteiger partial charge in [-0.25, -0.2) is 20.0 Å². The Bertz CT molecular complexity index is 330. The molecule has 0 bridgehead atoms. The molecule has 0 amide bonds. The van der Waals surface area contributed by atoms with Gasteiger partial charge in [0.1, 0.15) is 11.5 Å². The average molecular weight is 201 g/mol. The van der Waals surface area contributed by atoms with E-state index in [-0.39, 0.29) is 6.04 Å². The molecule has 1 atom stereocenters. The number of amidine groups is 2. The summed E-state index contributed by atoms with van der Waals surface area (Å²) in [7, 11) is 0. The minimum atomic E-state index is -0.251. The maximum absolute atomic E-state index is 5.80. The first-order chi connectivity index (χ1) is 5.81. The first-order valence-corrected chi connectivity index (χ1v) is 4.87. The fourth-order valence-corrected chi connectivity index (χ4v) is 1.51. The smallest absolute Gasteiger partial charge is 0.185 e. The molecule has 0 saturated heterocycles. The topological polar surface area (TPSA) is 49.4 Å². The summed E-state index contributed by atoms with van der Waals surface area (Å²) in [6, 6.07) is -0.251. The Morgan fingerprint density at radius 1 is 1.58 bits per heavy atom. The molecular formula is C6H5ClN4S. The molecule has 2 aliphatic rings. The molecule has 2 heterocycles. The molecule has 1 unspecified atom stereocenters. The van der Waals surface area contributed by atoms with Gasteiger partial charge in [0.25, 0.3) is 0 Å². The highest BCUT2D eigenvalue weighted by molar-refractivity contribution is 8.13. The quantitative estimate of drug-likeness (QED) is 0.579. The normalized spacial score (nSPS) is 26.2. The van der Waals surface area contributed by atoms with Gasteiger partial charge in [-0.3, -0.25) is 0 Å². The molecule has 6 heteroatoms. The molecule has 4 nitrogen and oxygen atoms in total. The lowest BCUT2D eigenvalue weighted by Crippen LogP contribution is -2.23. The molecule has 0 aromatic carbocycles. The Labute approximate surface area is 78.6 Å². The second-order valence-electron chi connectivity index (χ2n) is 2.18. The van der Waals surface area contributed by atoms with Crippen LogP contribution in [0.15, 0.2) is 20.0 Å². The van der Waals surface area contributed by atoms with E-state index in [2.05, 4.69) is 20.0 Å². The summed E-state index contributed by atoms with van der Waals surface area (Å²) in [5.74, 6) is 0.638. The van der Waals surface area contributed by atoms with Gasteiger partial charge in [0, 0.05) is 0 Å². The Balaban J connectivity index is 2.35. The minimum Gasteiger partial charge on any atom is -0.242 e. The third kappa shape index (κ3) is 1.19. The van der Waals surface area contributed by atoms with Crippen molar-refractivity contribution in [2.45, 2.75) is 6.04 Å². The predicted molar refractivity (Wildman–Crippen MR) is 54.0 cm³/mol. The van der Waals surface area contributed by atoms with E-state index in [4.69, 9.17) is 11.6 Å². The van der Waals surface area contributed by atoms with Crippen molar-refractivity contribution in [3.8, 4) is 0 Å². The third-order valence-corrected chi connectivity index (χ3v) is 2.34. The Hall–Kier alpha value is -0.680. The van der Waals surface area contributed by atoms with Crippen LogP contribution in [0.5, 0.6) is 0 Å². The lowest BCUT2D eigenvalue weighted by Gasteiger charge is -2.06. The summed E-state index contributed by atoms with van der Waals surface area (Å²) in [5.41, 5.74) is 0. The SMILES string of the molecule is CSC1=NC2C(Cl)=NC=NC2=N1. The van der Waals surface area contributed by atoms with Gasteiger partial charge in [-0.05, 0) is 6.26 Å². The summed E-state index contributed by atoms with van der Waals surface area (Å²) in [6.45, 7) is 0. The van der Waals surface area contributed by atoms with Crippen LogP contribution in [0.1, 0.15) is 0 Å². The number of rotatable bonds is 0. The molecule has 0 N–H and O–H groups in total. The highest BCUT2D eigenvalue weighted by Crippen LogP contribution is 2.18. The van der Waals surface area contributed by atoms with Gasteiger partial charge in [0.2, 0.25) is 0 Å². The van der Waals surface area contributed by atoms with Crippen LogP contribution in [-0.4, -0.2) is 34.8 Å². The summed E-state index contributed by atoms with van der Waals surface area (Å²) in [6.07, 6.45) is 3.31. The van der Waals surface area contributed by atoms with Gasteiger partial charge in [-0.15, -0.1) is 0 Å². The summed E-state index contributed by atoms with van der Waals surface area (Å²) in [4.78, 5) is 16.2. The number of nitrogens with zero attached hydrogens (tertiary/aromatic N) is 4. The van der Waals surface area contributed by atoms with Gasteiger partial charge in [-0.1, -0.05) is 23.4 Å². The molecule has 12 heavy (non-hydrogen) atoms. The van der Waals surface area contributed by atoms with Gasteiger partial charge in [0.05, 0.1) is 0 Å². The molecule has 62 valence electrons. The zero-order valence-electron chi connectivity index (χ0n) is 6.23. The minimum absolute atomic E-state index is 0.251. The van der Waals surface area contributed by atoms with E-state index < -0.39 is 0 Å². The molecule has 2 aliphatic heterocycles. The number of thioether (sulfide) groups is 1. The highest BCUT2D eigenvalue weighted by atomic mass is 35.5. The molecule has 0 saturated carbocycles. The van der Waals surface area contributed by atoms with Crippen molar-refractivity contribution >= 4 is 45.9 Å². The number of halogens is 1. The molecule has 0 aromatic rings. The zero-order valence-corrected chi connectivity index (χ0v) is 7.80. The predicted octanol–water partition coefficient (Wildman–Crippen LogP) is 1.17. The van der Waals surface area contributed by atoms with E-state index in [1.807, 2.05) is 6.26 Å². The number of hydrogen-bond donors (Lipinski definition) is 0. The molecule has 0 spiro atoms. The molecule has 0 aliphatic carbocycles. The second kappa shape index (κ2) is 2.99. The summed E-state index contributed by atoms with van der Waals surface area (Å²) >= 11 is 7.28. The van der Waals surface area contributed by atoms with E-state index in [0.29, 0.717) is 16.2 Å². The van der Waals surface area contributed by atoms with Crippen molar-refractivity contribution in [1.82, 2.24) is 0 Å². The van der Waals surface area contributed by atoms with E-state index in [1.165, 1.54) is 18.1 Å². The van der Waals surface area contributed by atoms with Crippen LogP contribution in [0.2, 0.25) is 0 Å². The van der Waals surface area contributed by atoms with Crippen LogP contribution in [-0.2, 0) is 0 Å². The highest BCUT2D eigenvalue weighted by Gasteiger charge is 2.27. The standard InChI is InChI=1S/C6H5ClN4S/c1-12-6-10-3-4(7)8-2-9-5(3)11-6/h2-3H,1H3. The van der Waals surface area contributed by atoms with Gasteiger partial charge >= 0.3 is 0 Å². The number of hydrogen-bond acceptors (Lipinski definition) is 5. The fraction of sp³-hybridized carbons (Fsp3) is 0.333. The van der Waals surface area contributed by atoms with Crippen LogP contribution in [0, 0.1) is 0 Å². The van der Waals surface area contributed by atoms with Crippen LogP contribution in [0.3, 0.4) is 0 Å². The average Bonchev–Trinajstić information content (AvgIpc) is 2.49. The Morgan fingerprint density at radius 3 is 3.08 bits per heavy atom. The van der Waals surface area contributed by atoms with Crippen molar-refractivity contribution in [1.29, 1.82) is 0 Å². The maximum atomic E-state index is 5.80. The molecule has 0 fully saturated rings. The van der Waals surface area contributed by atoms with Gasteiger partial charge < -0.3 is 0 Å².